The van der Waals surface area contributed by atoms with Crippen molar-refractivity contribution in [3.05, 3.63) is 35.1 Å². The minimum absolute atomic E-state index is 0.0201. The molecule has 1 N–H and O–H groups in total. The standard InChI is InChI=1S/C16H21FN2O2/c1-11-6-7-14(17)13(10-11)15(20)18-12(2)16(21)19-8-4-3-5-9-19/h6-7,10,12H,3-5,8-9H2,1-2H3,(H,18,20). The van der Waals surface area contributed by atoms with Crippen LogP contribution in [-0.2, 0) is 4.79 Å². The summed E-state index contributed by atoms with van der Waals surface area (Å²) in [6.07, 6.45) is 3.14. The van der Waals surface area contributed by atoms with E-state index in [2.05, 4.69) is 5.32 Å². The van der Waals surface area contributed by atoms with Crippen molar-refractivity contribution in [1.82, 2.24) is 10.2 Å². The van der Waals surface area contributed by atoms with Crippen LogP contribution < -0.4 is 5.32 Å². The number of halogens is 1. The molecule has 4 nitrogen and oxygen atoms in total. The van der Waals surface area contributed by atoms with Gasteiger partial charge in [-0.05, 0) is 45.2 Å². The molecule has 1 saturated heterocycles. The van der Waals surface area contributed by atoms with Crippen LogP contribution in [0.25, 0.3) is 0 Å². The summed E-state index contributed by atoms with van der Waals surface area (Å²) < 4.78 is 13.7. The first-order valence-corrected chi connectivity index (χ1v) is 7.35. The molecule has 21 heavy (non-hydrogen) atoms. The summed E-state index contributed by atoms with van der Waals surface area (Å²) in [4.78, 5) is 26.1. The number of benzene rings is 1. The van der Waals surface area contributed by atoms with Gasteiger partial charge in [-0.3, -0.25) is 9.59 Å². The van der Waals surface area contributed by atoms with Gasteiger partial charge in [0.05, 0.1) is 5.56 Å². The average molecular weight is 292 g/mol. The molecule has 0 radical (unpaired) electrons. The molecule has 5 heteroatoms. The Morgan fingerprint density at radius 2 is 1.90 bits per heavy atom. The highest BCUT2D eigenvalue weighted by molar-refractivity contribution is 5.97. The average Bonchev–Trinajstić information content (AvgIpc) is 2.49. The number of hydrogen-bond acceptors (Lipinski definition) is 2. The van der Waals surface area contributed by atoms with E-state index in [4.69, 9.17) is 0 Å². The predicted octanol–water partition coefficient (Wildman–Crippen LogP) is 2.26. The van der Waals surface area contributed by atoms with Gasteiger partial charge >= 0.3 is 0 Å². The Morgan fingerprint density at radius 1 is 1.24 bits per heavy atom. The van der Waals surface area contributed by atoms with E-state index in [1.807, 2.05) is 0 Å². The second-order valence-corrected chi connectivity index (χ2v) is 5.56. The molecule has 1 aromatic rings. The molecule has 1 aliphatic rings. The Kier molecular flexibility index (Phi) is 4.94. The molecule has 1 aliphatic heterocycles. The molecule has 114 valence electrons. The molecule has 1 atom stereocenters. The lowest BCUT2D eigenvalue weighted by atomic mass is 10.1. The largest absolute Gasteiger partial charge is 0.341 e. The van der Waals surface area contributed by atoms with Crippen molar-refractivity contribution < 1.29 is 14.0 Å². The summed E-state index contributed by atoms with van der Waals surface area (Å²) in [5.41, 5.74) is 0.782. The lowest BCUT2D eigenvalue weighted by Crippen LogP contribution is -2.48. The SMILES string of the molecule is Cc1ccc(F)c(C(=O)NC(C)C(=O)N2CCCCC2)c1. The van der Waals surface area contributed by atoms with Gasteiger partial charge in [-0.15, -0.1) is 0 Å². The Morgan fingerprint density at radius 3 is 2.57 bits per heavy atom. The van der Waals surface area contributed by atoms with Gasteiger partial charge in [0, 0.05) is 13.1 Å². The van der Waals surface area contributed by atoms with Crippen molar-refractivity contribution in [2.75, 3.05) is 13.1 Å². The first kappa shape index (κ1) is 15.5. The van der Waals surface area contributed by atoms with Crippen LogP contribution >= 0.6 is 0 Å². The lowest BCUT2D eigenvalue weighted by Gasteiger charge is -2.29. The van der Waals surface area contributed by atoms with Gasteiger partial charge in [0.2, 0.25) is 5.91 Å². The number of aryl methyl sites for hydroxylation is 1. The second kappa shape index (κ2) is 6.70. The van der Waals surface area contributed by atoms with E-state index >= 15 is 0 Å². The van der Waals surface area contributed by atoms with Crippen LogP contribution in [0.15, 0.2) is 18.2 Å². The molecule has 0 aromatic heterocycles. The van der Waals surface area contributed by atoms with Gasteiger partial charge in [0.25, 0.3) is 5.91 Å². The number of nitrogens with zero attached hydrogens (tertiary/aromatic N) is 1. The van der Waals surface area contributed by atoms with Gasteiger partial charge < -0.3 is 10.2 Å². The van der Waals surface area contributed by atoms with Crippen LogP contribution in [0.3, 0.4) is 0 Å². The molecule has 0 spiro atoms. The molecular weight excluding hydrogens is 271 g/mol. The number of carbonyl (C=O) groups is 2. The summed E-state index contributed by atoms with van der Waals surface area (Å²) in [5, 5.41) is 2.59. The zero-order chi connectivity index (χ0) is 15.4. The van der Waals surface area contributed by atoms with Crippen LogP contribution in [0.5, 0.6) is 0 Å². The number of carbonyl (C=O) groups excluding carboxylic acids is 2. The van der Waals surface area contributed by atoms with E-state index in [0.717, 1.165) is 37.9 Å². The highest BCUT2D eigenvalue weighted by Crippen LogP contribution is 2.12. The Labute approximate surface area is 124 Å². The maximum Gasteiger partial charge on any atom is 0.254 e. The summed E-state index contributed by atoms with van der Waals surface area (Å²) in [5.74, 6) is -1.22. The predicted molar refractivity (Wildman–Crippen MR) is 78.5 cm³/mol. The number of nitrogens with one attached hydrogen (secondary N) is 1. The van der Waals surface area contributed by atoms with Crippen molar-refractivity contribution in [1.29, 1.82) is 0 Å². The van der Waals surface area contributed by atoms with E-state index in [-0.39, 0.29) is 11.5 Å². The molecule has 1 fully saturated rings. The zero-order valence-corrected chi connectivity index (χ0v) is 12.5. The smallest absolute Gasteiger partial charge is 0.254 e. The fourth-order valence-electron chi connectivity index (χ4n) is 2.54. The molecule has 1 unspecified atom stereocenters. The van der Waals surface area contributed by atoms with Gasteiger partial charge in [0.1, 0.15) is 11.9 Å². The quantitative estimate of drug-likeness (QED) is 0.929. The van der Waals surface area contributed by atoms with Crippen LogP contribution in [0.1, 0.15) is 42.1 Å². The highest BCUT2D eigenvalue weighted by Gasteiger charge is 2.24. The Bertz CT molecular complexity index is 539. The van der Waals surface area contributed by atoms with E-state index in [1.54, 1.807) is 24.8 Å². The third-order valence-electron chi connectivity index (χ3n) is 3.75. The minimum Gasteiger partial charge on any atom is -0.341 e. The van der Waals surface area contributed by atoms with Crippen molar-refractivity contribution in [3.63, 3.8) is 0 Å². The third-order valence-corrected chi connectivity index (χ3v) is 3.75. The van der Waals surface area contributed by atoms with E-state index < -0.39 is 17.8 Å². The Hall–Kier alpha value is -1.91. The lowest BCUT2D eigenvalue weighted by molar-refractivity contribution is -0.133. The molecule has 0 saturated carbocycles. The molecule has 1 aromatic carbocycles. The zero-order valence-electron chi connectivity index (χ0n) is 12.5. The summed E-state index contributed by atoms with van der Waals surface area (Å²) in [6, 6.07) is 3.72. The van der Waals surface area contributed by atoms with Crippen molar-refractivity contribution in [2.45, 2.75) is 39.2 Å². The first-order valence-electron chi connectivity index (χ1n) is 7.35. The van der Waals surface area contributed by atoms with Crippen LogP contribution in [0.4, 0.5) is 4.39 Å². The van der Waals surface area contributed by atoms with Gasteiger partial charge in [-0.1, -0.05) is 11.6 Å². The molecule has 1 heterocycles. The fourth-order valence-corrected chi connectivity index (χ4v) is 2.54. The fraction of sp³-hybridized carbons (Fsp3) is 0.500. The third kappa shape index (κ3) is 3.80. The maximum atomic E-state index is 13.7. The van der Waals surface area contributed by atoms with Crippen LogP contribution in [0, 0.1) is 12.7 Å². The van der Waals surface area contributed by atoms with E-state index in [1.165, 1.54) is 12.1 Å². The normalized spacial score (nSPS) is 16.4. The number of amides is 2. The van der Waals surface area contributed by atoms with Crippen molar-refractivity contribution in [2.24, 2.45) is 0 Å². The van der Waals surface area contributed by atoms with Gasteiger partial charge in [-0.2, -0.15) is 0 Å². The van der Waals surface area contributed by atoms with E-state index in [0.29, 0.717) is 0 Å². The van der Waals surface area contributed by atoms with Gasteiger partial charge in [-0.25, -0.2) is 4.39 Å². The second-order valence-electron chi connectivity index (χ2n) is 5.56. The van der Waals surface area contributed by atoms with Crippen molar-refractivity contribution in [3.8, 4) is 0 Å². The molecule has 0 aliphatic carbocycles. The number of hydrogen-bond donors (Lipinski definition) is 1. The molecular formula is C16H21FN2O2. The van der Waals surface area contributed by atoms with Gasteiger partial charge in [0.15, 0.2) is 0 Å². The molecule has 0 bridgehead atoms. The summed E-state index contributed by atoms with van der Waals surface area (Å²) >= 11 is 0. The number of piperidine rings is 1. The topological polar surface area (TPSA) is 49.4 Å². The first-order chi connectivity index (χ1) is 9.99. The number of rotatable bonds is 3. The summed E-state index contributed by atoms with van der Waals surface area (Å²) in [7, 11) is 0. The van der Waals surface area contributed by atoms with Crippen LogP contribution in [0.2, 0.25) is 0 Å². The minimum atomic E-state index is -0.643. The van der Waals surface area contributed by atoms with E-state index in [9.17, 15) is 14.0 Å². The monoisotopic (exact) mass is 292 g/mol. The highest BCUT2D eigenvalue weighted by atomic mass is 19.1. The Balaban J connectivity index is 2.01. The maximum absolute atomic E-state index is 13.7. The van der Waals surface area contributed by atoms with Crippen molar-refractivity contribution >= 4 is 11.8 Å². The van der Waals surface area contributed by atoms with Crippen LogP contribution in [-0.4, -0.2) is 35.8 Å². The summed E-state index contributed by atoms with van der Waals surface area (Å²) in [6.45, 7) is 4.90. The number of likely N-dealkylation sites (tertiary alicyclic amines) is 1. The molecule has 2 amide bonds. The molecule has 2 rings (SSSR count).